The number of nitrogens with one attached hydrogen (secondary N) is 1. The third-order valence-electron chi connectivity index (χ3n) is 2.47. The molecule has 1 aliphatic heterocycles. The molecule has 0 fully saturated rings. The van der Waals surface area contributed by atoms with Gasteiger partial charge < -0.3 is 10.1 Å². The molecule has 0 radical (unpaired) electrons. The van der Waals surface area contributed by atoms with Gasteiger partial charge in [0.25, 0.3) is 0 Å². The van der Waals surface area contributed by atoms with Crippen LogP contribution in [0.3, 0.4) is 0 Å². The summed E-state index contributed by atoms with van der Waals surface area (Å²) in [7, 11) is -3.74. The van der Waals surface area contributed by atoms with Gasteiger partial charge in [-0.1, -0.05) is 0 Å². The second kappa shape index (κ2) is 4.01. The van der Waals surface area contributed by atoms with Crippen LogP contribution in [0.15, 0.2) is 23.1 Å². The van der Waals surface area contributed by atoms with Gasteiger partial charge in [0.15, 0.2) is 0 Å². The highest BCUT2D eigenvalue weighted by Crippen LogP contribution is 2.33. The van der Waals surface area contributed by atoms with E-state index < -0.39 is 10.0 Å². The molecule has 0 bridgehead atoms. The molecule has 92 valence electrons. The average Bonchev–Trinajstić information content (AvgIpc) is 2.59. The Balaban J connectivity index is 2.40. The lowest BCUT2D eigenvalue weighted by Crippen LogP contribution is -2.27. The van der Waals surface area contributed by atoms with Crippen molar-refractivity contribution in [3.05, 3.63) is 23.8 Å². The molecule has 1 heterocycles. The van der Waals surface area contributed by atoms with Crippen LogP contribution in [0.5, 0.6) is 5.75 Å². The molecular weight excluding hydrogens is 244 g/mol. The van der Waals surface area contributed by atoms with Crippen LogP contribution in [0.25, 0.3) is 0 Å². The lowest BCUT2D eigenvalue weighted by Gasteiger charge is -2.09. The number of carbonyl (C=O) groups excluding carboxylic acids is 1. The predicted molar refractivity (Wildman–Crippen MR) is 59.9 cm³/mol. The average molecular weight is 256 g/mol. The molecule has 1 amide bonds. The van der Waals surface area contributed by atoms with Gasteiger partial charge in [-0.2, -0.15) is 0 Å². The number of hydrogen-bond acceptors (Lipinski definition) is 4. The number of sulfonamides is 1. The molecule has 1 aromatic carbocycles. The predicted octanol–water partition coefficient (Wildman–Crippen LogP) is -0.0964. The van der Waals surface area contributed by atoms with Crippen molar-refractivity contribution in [1.29, 1.82) is 0 Å². The Morgan fingerprint density at radius 1 is 1.53 bits per heavy atom. The fourth-order valence-electron chi connectivity index (χ4n) is 1.73. The fraction of sp³-hybridized carbons (Fsp3) is 0.300. The second-order valence-electron chi connectivity index (χ2n) is 3.81. The normalized spacial score (nSPS) is 18.4. The van der Waals surface area contributed by atoms with E-state index >= 15 is 0 Å². The minimum absolute atomic E-state index is 0.0112. The topological polar surface area (TPSA) is 98.5 Å². The molecular formula is C10H12N2O4S. The Kier molecular flexibility index (Phi) is 2.80. The Morgan fingerprint density at radius 2 is 2.24 bits per heavy atom. The molecule has 2 rings (SSSR count). The van der Waals surface area contributed by atoms with E-state index in [1.165, 1.54) is 25.1 Å². The van der Waals surface area contributed by atoms with Crippen LogP contribution < -0.4 is 15.2 Å². The number of benzene rings is 1. The third-order valence-corrected chi connectivity index (χ3v) is 3.38. The second-order valence-corrected chi connectivity index (χ2v) is 5.37. The molecule has 0 spiro atoms. The fourth-order valence-corrected chi connectivity index (χ4v) is 2.28. The smallest absolute Gasteiger partial charge is 0.238 e. The minimum atomic E-state index is -3.74. The van der Waals surface area contributed by atoms with Crippen molar-refractivity contribution in [2.75, 3.05) is 6.61 Å². The van der Waals surface area contributed by atoms with E-state index in [9.17, 15) is 13.2 Å². The molecule has 17 heavy (non-hydrogen) atoms. The van der Waals surface area contributed by atoms with E-state index in [1.807, 2.05) is 0 Å². The van der Waals surface area contributed by atoms with E-state index in [1.54, 1.807) is 0 Å². The molecule has 1 atom stereocenters. The van der Waals surface area contributed by atoms with Crippen LogP contribution in [0, 0.1) is 0 Å². The first kappa shape index (κ1) is 11.9. The molecule has 0 aromatic heterocycles. The Hall–Kier alpha value is -1.60. The summed E-state index contributed by atoms with van der Waals surface area (Å²) in [4.78, 5) is 11.0. The van der Waals surface area contributed by atoms with Crippen LogP contribution in [-0.2, 0) is 14.8 Å². The maximum Gasteiger partial charge on any atom is 0.238 e. The largest absolute Gasteiger partial charge is 0.491 e. The van der Waals surface area contributed by atoms with Gasteiger partial charge in [0.05, 0.1) is 10.9 Å². The highest BCUT2D eigenvalue weighted by molar-refractivity contribution is 7.89. The molecule has 0 aliphatic carbocycles. The van der Waals surface area contributed by atoms with Gasteiger partial charge in [-0.25, -0.2) is 13.6 Å². The maximum atomic E-state index is 11.2. The first-order valence-corrected chi connectivity index (χ1v) is 6.49. The van der Waals surface area contributed by atoms with Crippen LogP contribution >= 0.6 is 0 Å². The van der Waals surface area contributed by atoms with Crippen LogP contribution in [-0.4, -0.2) is 20.9 Å². The molecule has 0 saturated heterocycles. The Bertz CT molecular complexity index is 568. The van der Waals surface area contributed by atoms with E-state index in [4.69, 9.17) is 9.88 Å². The Labute approximate surface area is 98.8 Å². The van der Waals surface area contributed by atoms with Gasteiger partial charge in [-0.15, -0.1) is 0 Å². The number of nitrogens with two attached hydrogens (primary N) is 1. The van der Waals surface area contributed by atoms with Crippen molar-refractivity contribution in [3.63, 3.8) is 0 Å². The van der Waals surface area contributed by atoms with E-state index in [2.05, 4.69) is 5.32 Å². The summed E-state index contributed by atoms with van der Waals surface area (Å²) in [5.41, 5.74) is 0.631. The Morgan fingerprint density at radius 3 is 2.82 bits per heavy atom. The standard InChI is InChI=1S/C10H12N2O4S/c1-6(13)12-9-5-16-10-3-2-7(4-8(9)10)17(11,14)15/h2-4,9H,5H2,1H3,(H,12,13)(H2,11,14,15). The van der Waals surface area contributed by atoms with Crippen molar-refractivity contribution in [1.82, 2.24) is 5.32 Å². The highest BCUT2D eigenvalue weighted by Gasteiger charge is 2.26. The summed E-state index contributed by atoms with van der Waals surface area (Å²) in [5, 5.41) is 7.72. The van der Waals surface area contributed by atoms with E-state index in [-0.39, 0.29) is 16.8 Å². The van der Waals surface area contributed by atoms with Gasteiger partial charge in [-0.3, -0.25) is 4.79 Å². The van der Waals surface area contributed by atoms with Crippen molar-refractivity contribution in [3.8, 4) is 5.75 Å². The van der Waals surface area contributed by atoms with Crippen LogP contribution in [0.1, 0.15) is 18.5 Å². The quantitative estimate of drug-likeness (QED) is 0.772. The molecule has 1 unspecified atom stereocenters. The SMILES string of the molecule is CC(=O)NC1COc2ccc(S(N)(=O)=O)cc21. The molecule has 7 heteroatoms. The zero-order valence-electron chi connectivity index (χ0n) is 9.14. The van der Waals surface area contributed by atoms with Crippen LogP contribution in [0.4, 0.5) is 0 Å². The van der Waals surface area contributed by atoms with Crippen molar-refractivity contribution in [2.45, 2.75) is 17.9 Å². The summed E-state index contributed by atoms with van der Waals surface area (Å²) >= 11 is 0. The molecule has 1 aliphatic rings. The highest BCUT2D eigenvalue weighted by atomic mass is 32.2. The molecule has 0 saturated carbocycles. The molecule has 1 aromatic rings. The third kappa shape index (κ3) is 2.40. The van der Waals surface area contributed by atoms with Gasteiger partial charge >= 0.3 is 0 Å². The number of carbonyl (C=O) groups is 1. The van der Waals surface area contributed by atoms with Gasteiger partial charge in [0.1, 0.15) is 12.4 Å². The monoisotopic (exact) mass is 256 g/mol. The molecule has 6 nitrogen and oxygen atoms in total. The number of hydrogen-bond donors (Lipinski definition) is 2. The van der Waals surface area contributed by atoms with Gasteiger partial charge in [0.2, 0.25) is 15.9 Å². The summed E-state index contributed by atoms with van der Waals surface area (Å²) in [6.45, 7) is 1.69. The summed E-state index contributed by atoms with van der Waals surface area (Å²) in [6, 6.07) is 4.02. The lowest BCUT2D eigenvalue weighted by molar-refractivity contribution is -0.119. The number of amides is 1. The van der Waals surface area contributed by atoms with E-state index in [0.29, 0.717) is 17.9 Å². The first-order chi connectivity index (χ1) is 7.88. The van der Waals surface area contributed by atoms with E-state index in [0.717, 1.165) is 0 Å². The number of rotatable bonds is 2. The number of primary sulfonamides is 1. The lowest BCUT2D eigenvalue weighted by atomic mass is 10.1. The maximum absolute atomic E-state index is 11.2. The van der Waals surface area contributed by atoms with Crippen molar-refractivity contribution >= 4 is 15.9 Å². The number of fused-ring (bicyclic) bond motifs is 1. The van der Waals surface area contributed by atoms with Crippen molar-refractivity contribution in [2.24, 2.45) is 5.14 Å². The summed E-state index contributed by atoms with van der Waals surface area (Å²) in [5.74, 6) is 0.364. The zero-order valence-corrected chi connectivity index (χ0v) is 9.95. The summed E-state index contributed by atoms with van der Waals surface area (Å²) in [6.07, 6.45) is 0. The first-order valence-electron chi connectivity index (χ1n) is 4.94. The van der Waals surface area contributed by atoms with Crippen molar-refractivity contribution < 1.29 is 17.9 Å². The zero-order chi connectivity index (χ0) is 12.6. The summed E-state index contributed by atoms with van der Waals surface area (Å²) < 4.78 is 27.8. The van der Waals surface area contributed by atoms with Crippen LogP contribution in [0.2, 0.25) is 0 Å². The minimum Gasteiger partial charge on any atom is -0.491 e. The van der Waals surface area contributed by atoms with Gasteiger partial charge in [-0.05, 0) is 18.2 Å². The van der Waals surface area contributed by atoms with Gasteiger partial charge in [0, 0.05) is 12.5 Å². The molecule has 3 N–H and O–H groups in total. The number of ether oxygens (including phenoxy) is 1.